The first-order valence-corrected chi connectivity index (χ1v) is 12.2. The van der Waals surface area contributed by atoms with E-state index in [1.54, 1.807) is 7.11 Å². The number of carbonyl (C=O) groups is 1. The molecular formula is C27H29Cl2N3O2. The van der Waals surface area contributed by atoms with E-state index >= 15 is 0 Å². The summed E-state index contributed by atoms with van der Waals surface area (Å²) in [4.78, 5) is 19.2. The van der Waals surface area contributed by atoms with E-state index in [2.05, 4.69) is 63.7 Å². The number of benzene rings is 2. The number of halogens is 2. The lowest BCUT2D eigenvalue weighted by Gasteiger charge is -2.44. The molecule has 34 heavy (non-hydrogen) atoms. The first-order chi connectivity index (χ1) is 16.5. The van der Waals surface area contributed by atoms with E-state index in [9.17, 15) is 4.79 Å². The van der Waals surface area contributed by atoms with Gasteiger partial charge in [0.1, 0.15) is 16.5 Å². The summed E-state index contributed by atoms with van der Waals surface area (Å²) >= 11 is 12.0. The molecule has 1 aliphatic rings. The Balaban J connectivity index is 1.47. The predicted octanol–water partition coefficient (Wildman–Crippen LogP) is 5.37. The van der Waals surface area contributed by atoms with Gasteiger partial charge in [-0.25, -0.2) is 4.98 Å². The van der Waals surface area contributed by atoms with Crippen molar-refractivity contribution in [1.29, 1.82) is 0 Å². The summed E-state index contributed by atoms with van der Waals surface area (Å²) in [6.07, 6.45) is 2.68. The molecule has 1 fully saturated rings. The number of aromatic nitrogens is 1. The van der Waals surface area contributed by atoms with Crippen LogP contribution in [0, 0.1) is 0 Å². The van der Waals surface area contributed by atoms with Crippen molar-refractivity contribution in [2.24, 2.45) is 0 Å². The zero-order chi connectivity index (χ0) is 24.0. The van der Waals surface area contributed by atoms with Crippen molar-refractivity contribution in [3.63, 3.8) is 0 Å². The molecule has 3 aromatic rings. The van der Waals surface area contributed by atoms with Crippen LogP contribution in [0.4, 0.5) is 0 Å². The van der Waals surface area contributed by atoms with Crippen molar-refractivity contribution in [2.75, 3.05) is 26.7 Å². The first-order valence-electron chi connectivity index (χ1n) is 11.5. The molecule has 1 saturated heterocycles. The van der Waals surface area contributed by atoms with Crippen LogP contribution in [0.5, 0.6) is 0 Å². The number of methoxy groups -OCH3 is 1. The minimum atomic E-state index is -0.206. The second-order valence-corrected chi connectivity index (χ2v) is 9.52. The number of nitrogens with one attached hydrogen (secondary N) is 1. The third-order valence-electron chi connectivity index (χ3n) is 6.69. The van der Waals surface area contributed by atoms with Crippen LogP contribution in [-0.4, -0.2) is 48.8 Å². The van der Waals surface area contributed by atoms with Gasteiger partial charge < -0.3 is 10.1 Å². The zero-order valence-corrected chi connectivity index (χ0v) is 20.7. The molecule has 7 heteroatoms. The van der Waals surface area contributed by atoms with Crippen LogP contribution in [0.2, 0.25) is 10.3 Å². The summed E-state index contributed by atoms with van der Waals surface area (Å²) < 4.78 is 5.87. The Morgan fingerprint density at radius 2 is 1.62 bits per heavy atom. The maximum absolute atomic E-state index is 12.9. The predicted molar refractivity (Wildman–Crippen MR) is 136 cm³/mol. The van der Waals surface area contributed by atoms with Crippen molar-refractivity contribution in [3.05, 3.63) is 99.8 Å². The van der Waals surface area contributed by atoms with Crippen LogP contribution < -0.4 is 5.32 Å². The number of likely N-dealkylation sites (tertiary alicyclic amines) is 1. The summed E-state index contributed by atoms with van der Waals surface area (Å²) in [5.41, 5.74) is 2.74. The first kappa shape index (κ1) is 24.7. The van der Waals surface area contributed by atoms with Gasteiger partial charge in [0, 0.05) is 44.1 Å². The van der Waals surface area contributed by atoms with Gasteiger partial charge in [-0.05, 0) is 36.1 Å². The number of carbonyl (C=O) groups excluding carboxylic acids is 1. The molecule has 4 rings (SSSR count). The average molecular weight is 498 g/mol. The van der Waals surface area contributed by atoms with E-state index in [1.165, 1.54) is 23.3 Å². The smallest absolute Gasteiger partial charge is 0.251 e. The van der Waals surface area contributed by atoms with E-state index in [4.69, 9.17) is 27.9 Å². The van der Waals surface area contributed by atoms with Gasteiger partial charge in [-0.2, -0.15) is 0 Å². The van der Waals surface area contributed by atoms with Crippen molar-refractivity contribution in [2.45, 2.75) is 30.9 Å². The van der Waals surface area contributed by atoms with E-state index in [1.807, 2.05) is 12.1 Å². The Morgan fingerprint density at radius 1 is 1.03 bits per heavy atom. The van der Waals surface area contributed by atoms with Crippen LogP contribution in [0.25, 0.3) is 0 Å². The number of hydrogen-bond acceptors (Lipinski definition) is 4. The highest BCUT2D eigenvalue weighted by Gasteiger charge is 2.38. The van der Waals surface area contributed by atoms with Gasteiger partial charge >= 0.3 is 0 Å². The molecule has 0 saturated carbocycles. The Morgan fingerprint density at radius 3 is 2.21 bits per heavy atom. The van der Waals surface area contributed by atoms with Gasteiger partial charge in [0.25, 0.3) is 5.91 Å². The van der Waals surface area contributed by atoms with Crippen LogP contribution >= 0.6 is 23.2 Å². The fourth-order valence-electron chi connectivity index (χ4n) is 4.72. The summed E-state index contributed by atoms with van der Waals surface area (Å²) in [7, 11) is 1.78. The molecule has 178 valence electrons. The molecule has 1 atom stereocenters. The van der Waals surface area contributed by atoms with Gasteiger partial charge in [0.15, 0.2) is 0 Å². The van der Waals surface area contributed by atoms with Gasteiger partial charge in [-0.15, -0.1) is 0 Å². The monoisotopic (exact) mass is 497 g/mol. The maximum Gasteiger partial charge on any atom is 0.251 e. The van der Waals surface area contributed by atoms with Gasteiger partial charge in [-0.3, -0.25) is 9.69 Å². The molecule has 2 aromatic carbocycles. The average Bonchev–Trinajstić information content (AvgIpc) is 2.87. The Hall–Kier alpha value is -2.44. The van der Waals surface area contributed by atoms with Crippen LogP contribution in [0.1, 0.15) is 34.3 Å². The third-order valence-corrected chi connectivity index (χ3v) is 7.07. The SMILES string of the molecule is COC(Cc1ccccc1)N1CCC(CNC(=O)c2cc(Cl)nc(Cl)c2)(c2ccccc2)CC1. The van der Waals surface area contributed by atoms with E-state index < -0.39 is 0 Å². The maximum atomic E-state index is 12.9. The molecule has 1 aromatic heterocycles. The van der Waals surface area contributed by atoms with Crippen molar-refractivity contribution < 1.29 is 9.53 Å². The molecule has 1 unspecified atom stereocenters. The molecule has 1 amide bonds. The lowest BCUT2D eigenvalue weighted by Crippen LogP contribution is -2.52. The lowest BCUT2D eigenvalue weighted by atomic mass is 9.72. The number of pyridine rings is 1. The topological polar surface area (TPSA) is 54.5 Å². The lowest BCUT2D eigenvalue weighted by molar-refractivity contribution is -0.0505. The Bertz CT molecular complexity index is 1070. The molecule has 1 N–H and O–H groups in total. The minimum Gasteiger partial charge on any atom is -0.366 e. The van der Waals surface area contributed by atoms with Gasteiger partial charge in [-0.1, -0.05) is 83.9 Å². The largest absolute Gasteiger partial charge is 0.366 e. The highest BCUT2D eigenvalue weighted by atomic mass is 35.5. The second-order valence-electron chi connectivity index (χ2n) is 8.75. The number of ether oxygens (including phenoxy) is 1. The van der Waals surface area contributed by atoms with E-state index in [0.717, 1.165) is 32.4 Å². The molecular weight excluding hydrogens is 469 g/mol. The Kier molecular flexibility index (Phi) is 8.22. The molecule has 1 aliphatic heterocycles. The number of amides is 1. The van der Waals surface area contributed by atoms with Crippen molar-refractivity contribution >= 4 is 29.1 Å². The molecule has 0 radical (unpaired) electrons. The second kappa shape index (κ2) is 11.3. The summed E-state index contributed by atoms with van der Waals surface area (Å²) in [6, 6.07) is 23.9. The fourth-order valence-corrected chi connectivity index (χ4v) is 5.18. The fraction of sp³-hybridized carbons (Fsp3) is 0.333. The summed E-state index contributed by atoms with van der Waals surface area (Å²) in [5.74, 6) is -0.206. The highest BCUT2D eigenvalue weighted by Crippen LogP contribution is 2.36. The molecule has 2 heterocycles. The number of piperidine rings is 1. The highest BCUT2D eigenvalue weighted by molar-refractivity contribution is 6.33. The summed E-state index contributed by atoms with van der Waals surface area (Å²) in [5, 5.41) is 3.53. The third kappa shape index (κ3) is 5.97. The molecule has 5 nitrogen and oxygen atoms in total. The molecule has 0 aliphatic carbocycles. The van der Waals surface area contributed by atoms with Crippen molar-refractivity contribution in [3.8, 4) is 0 Å². The van der Waals surface area contributed by atoms with E-state index in [-0.39, 0.29) is 27.9 Å². The normalized spacial score (nSPS) is 16.7. The molecule has 0 spiro atoms. The number of nitrogens with zero attached hydrogens (tertiary/aromatic N) is 2. The van der Waals surface area contributed by atoms with Crippen LogP contribution in [0.3, 0.4) is 0 Å². The molecule has 0 bridgehead atoms. The van der Waals surface area contributed by atoms with Crippen molar-refractivity contribution in [1.82, 2.24) is 15.2 Å². The van der Waals surface area contributed by atoms with Crippen LogP contribution in [0.15, 0.2) is 72.8 Å². The summed E-state index contributed by atoms with van der Waals surface area (Å²) in [6.45, 7) is 2.28. The van der Waals surface area contributed by atoms with E-state index in [0.29, 0.717) is 12.1 Å². The number of rotatable bonds is 8. The standard InChI is InChI=1S/C27H29Cl2N3O2/c1-34-25(16-20-8-4-2-5-9-20)32-14-12-27(13-15-32,22-10-6-3-7-11-22)19-30-26(33)21-17-23(28)31-24(29)18-21/h2-11,17-18,25H,12-16,19H2,1H3,(H,30,33). The zero-order valence-electron chi connectivity index (χ0n) is 19.2. The quantitative estimate of drug-likeness (QED) is 0.425. The van der Waals surface area contributed by atoms with Gasteiger partial charge in [0.2, 0.25) is 0 Å². The minimum absolute atomic E-state index is 0.0202. The number of hydrogen-bond donors (Lipinski definition) is 1. The Labute approximate surface area is 211 Å². The van der Waals surface area contributed by atoms with Crippen LogP contribution in [-0.2, 0) is 16.6 Å². The van der Waals surface area contributed by atoms with Gasteiger partial charge in [0.05, 0.1) is 0 Å².